The number of carboxylic acid groups (broad SMARTS) is 1. The van der Waals surface area contributed by atoms with E-state index in [0.29, 0.717) is 10.6 Å². The minimum atomic E-state index is -1.26. The molecule has 2 rings (SSSR count). The van der Waals surface area contributed by atoms with Crippen molar-refractivity contribution in [1.29, 1.82) is 0 Å². The number of nitrogens with one attached hydrogen (secondary N) is 3. The minimum absolute atomic E-state index is 0.0466. The van der Waals surface area contributed by atoms with Gasteiger partial charge in [-0.05, 0) is 24.5 Å². The van der Waals surface area contributed by atoms with Gasteiger partial charge in [0.05, 0.1) is 0 Å². The van der Waals surface area contributed by atoms with Gasteiger partial charge in [-0.15, -0.1) is 0 Å². The number of aliphatic hydroxyl groups excluding tert-OH is 1. The molecule has 28 heavy (non-hydrogen) atoms. The third-order valence-corrected chi connectivity index (χ3v) is 4.80. The summed E-state index contributed by atoms with van der Waals surface area (Å²) < 4.78 is 0. The number of carboxylic acids is 1. The number of benzene rings is 1. The molecule has 0 radical (unpaired) electrons. The highest BCUT2D eigenvalue weighted by atomic mass is 35.5. The Kier molecular flexibility index (Phi) is 8.13. The Bertz CT molecular complexity index is 760. The molecule has 0 saturated heterocycles. The molecule has 1 aromatic carbocycles. The Morgan fingerprint density at radius 3 is 2.29 bits per heavy atom. The molecule has 0 aromatic heterocycles. The van der Waals surface area contributed by atoms with E-state index in [9.17, 15) is 19.5 Å². The molecule has 0 atom stereocenters. The lowest BCUT2D eigenvalue weighted by Crippen LogP contribution is -2.41. The van der Waals surface area contributed by atoms with Gasteiger partial charge in [-0.3, -0.25) is 14.4 Å². The van der Waals surface area contributed by atoms with Crippen molar-refractivity contribution in [3.05, 3.63) is 46.3 Å². The number of aliphatic hydroxyl groups is 1. The fourth-order valence-corrected chi connectivity index (χ4v) is 3.18. The lowest BCUT2D eigenvalue weighted by atomic mass is 9.95. The molecule has 0 spiro atoms. The zero-order valence-electron chi connectivity index (χ0n) is 15.3. The second kappa shape index (κ2) is 10.6. The van der Waals surface area contributed by atoms with E-state index < -0.39 is 35.8 Å². The van der Waals surface area contributed by atoms with Crippen molar-refractivity contribution in [3.63, 3.8) is 0 Å². The van der Waals surface area contributed by atoms with Gasteiger partial charge in [0.25, 0.3) is 11.8 Å². The molecule has 0 bridgehead atoms. The molecule has 2 amide bonds. The van der Waals surface area contributed by atoms with Gasteiger partial charge in [-0.2, -0.15) is 0 Å². The highest BCUT2D eigenvalue weighted by Gasteiger charge is 2.26. The average molecular weight is 410 g/mol. The van der Waals surface area contributed by atoms with Crippen molar-refractivity contribution < 1.29 is 24.6 Å². The third-order valence-electron chi connectivity index (χ3n) is 4.43. The summed E-state index contributed by atoms with van der Waals surface area (Å²) in [5.74, 6) is -3.63. The lowest BCUT2D eigenvalue weighted by Gasteiger charge is -2.24. The van der Waals surface area contributed by atoms with Crippen LogP contribution in [0.4, 0.5) is 0 Å². The minimum Gasteiger partial charge on any atom is -0.494 e. The smallest absolute Gasteiger partial charge is 0.322 e. The Morgan fingerprint density at radius 2 is 1.64 bits per heavy atom. The maximum absolute atomic E-state index is 12.6. The molecule has 0 heterocycles. The summed E-state index contributed by atoms with van der Waals surface area (Å²) >= 11 is 6.06. The first-order valence-electron chi connectivity index (χ1n) is 9.10. The van der Waals surface area contributed by atoms with Gasteiger partial charge in [0.1, 0.15) is 6.54 Å². The van der Waals surface area contributed by atoms with Crippen LogP contribution in [0.25, 0.3) is 0 Å². The van der Waals surface area contributed by atoms with Gasteiger partial charge in [-0.25, -0.2) is 0 Å². The summed E-state index contributed by atoms with van der Waals surface area (Å²) in [5, 5.41) is 27.0. The number of hydrogen-bond donors (Lipinski definition) is 5. The molecule has 8 nitrogen and oxygen atoms in total. The number of halogens is 1. The zero-order valence-corrected chi connectivity index (χ0v) is 16.1. The molecule has 1 aromatic rings. The van der Waals surface area contributed by atoms with E-state index >= 15 is 0 Å². The van der Waals surface area contributed by atoms with Gasteiger partial charge in [0.2, 0.25) is 5.88 Å². The number of carbonyl (C=O) groups is 3. The van der Waals surface area contributed by atoms with Gasteiger partial charge >= 0.3 is 5.97 Å². The average Bonchev–Trinajstić information content (AvgIpc) is 2.66. The summed E-state index contributed by atoms with van der Waals surface area (Å²) in [6.45, 7) is -0.623. The van der Waals surface area contributed by atoms with E-state index in [2.05, 4.69) is 16.0 Å². The van der Waals surface area contributed by atoms with E-state index in [4.69, 9.17) is 16.7 Å². The first-order chi connectivity index (χ1) is 13.4. The maximum Gasteiger partial charge on any atom is 0.322 e. The van der Waals surface area contributed by atoms with Crippen LogP contribution in [-0.4, -0.2) is 40.6 Å². The van der Waals surface area contributed by atoms with Crippen LogP contribution in [0.2, 0.25) is 5.02 Å². The summed E-state index contributed by atoms with van der Waals surface area (Å²) in [7, 11) is 0. The topological polar surface area (TPSA) is 128 Å². The molecule has 1 saturated carbocycles. The number of amides is 2. The first kappa shape index (κ1) is 21.6. The lowest BCUT2D eigenvalue weighted by molar-refractivity contribution is -0.138. The fraction of sp³-hybridized carbons (Fsp3) is 0.421. The highest BCUT2D eigenvalue weighted by Crippen LogP contribution is 2.19. The standard InChI is InChI=1S/C19H24ClN3O5/c20-14-9-5-4-6-12(14)10-21-17(26)16(18(27)22-11-15(24)25)19(28)23-13-7-2-1-3-8-13/h4-6,9,13,23,28H,1-3,7-8,10-11H2,(H,21,26)(H,22,27)(H,24,25)/b19-16-. The van der Waals surface area contributed by atoms with Gasteiger partial charge in [-0.1, -0.05) is 49.1 Å². The monoisotopic (exact) mass is 409 g/mol. The van der Waals surface area contributed by atoms with Crippen LogP contribution in [0, 0.1) is 0 Å². The Hall–Kier alpha value is -2.74. The van der Waals surface area contributed by atoms with Crippen molar-refractivity contribution in [2.75, 3.05) is 6.54 Å². The first-order valence-corrected chi connectivity index (χ1v) is 9.47. The summed E-state index contributed by atoms with van der Waals surface area (Å²) in [6.07, 6.45) is 4.71. The molecular formula is C19H24ClN3O5. The van der Waals surface area contributed by atoms with Crippen LogP contribution < -0.4 is 16.0 Å². The molecule has 5 N–H and O–H groups in total. The molecular weight excluding hydrogens is 386 g/mol. The van der Waals surface area contributed by atoms with Crippen molar-refractivity contribution >= 4 is 29.4 Å². The molecule has 1 fully saturated rings. The number of aliphatic carboxylic acids is 1. The van der Waals surface area contributed by atoms with Gasteiger partial charge < -0.3 is 26.2 Å². The van der Waals surface area contributed by atoms with Crippen molar-refractivity contribution in [3.8, 4) is 0 Å². The van der Waals surface area contributed by atoms with Crippen molar-refractivity contribution in [2.24, 2.45) is 0 Å². The molecule has 1 aliphatic rings. The third kappa shape index (κ3) is 6.45. The van der Waals surface area contributed by atoms with E-state index in [1.165, 1.54) is 0 Å². The quantitative estimate of drug-likeness (QED) is 0.193. The maximum atomic E-state index is 12.6. The second-order valence-corrected chi connectivity index (χ2v) is 6.96. The second-order valence-electron chi connectivity index (χ2n) is 6.55. The Morgan fingerprint density at radius 1 is 1.00 bits per heavy atom. The molecule has 1 aliphatic carbocycles. The van der Waals surface area contributed by atoms with Crippen LogP contribution in [0.5, 0.6) is 0 Å². The van der Waals surface area contributed by atoms with Crippen molar-refractivity contribution in [1.82, 2.24) is 16.0 Å². The van der Waals surface area contributed by atoms with Crippen LogP contribution in [0.3, 0.4) is 0 Å². The Labute approximate surface area is 168 Å². The fourth-order valence-electron chi connectivity index (χ4n) is 2.98. The highest BCUT2D eigenvalue weighted by molar-refractivity contribution is 6.31. The molecule has 9 heteroatoms. The summed E-state index contributed by atoms with van der Waals surface area (Å²) in [4.78, 5) is 35.6. The predicted molar refractivity (Wildman–Crippen MR) is 104 cm³/mol. The van der Waals surface area contributed by atoms with Crippen molar-refractivity contribution in [2.45, 2.75) is 44.7 Å². The largest absolute Gasteiger partial charge is 0.494 e. The van der Waals surface area contributed by atoms with Crippen LogP contribution in [-0.2, 0) is 20.9 Å². The molecule has 152 valence electrons. The van der Waals surface area contributed by atoms with Gasteiger partial charge in [0.15, 0.2) is 5.57 Å². The van der Waals surface area contributed by atoms with E-state index in [1.807, 2.05) is 0 Å². The SMILES string of the molecule is O=C(O)CNC(=O)/C(C(=O)NCc1ccccc1Cl)=C(\O)NC1CCCCC1. The molecule has 0 unspecified atom stereocenters. The van der Waals surface area contributed by atoms with Crippen LogP contribution in [0.1, 0.15) is 37.7 Å². The van der Waals surface area contributed by atoms with E-state index in [1.54, 1.807) is 24.3 Å². The van der Waals surface area contributed by atoms with E-state index in [0.717, 1.165) is 32.1 Å². The number of hydrogen-bond acceptors (Lipinski definition) is 5. The Balaban J connectivity index is 2.14. The van der Waals surface area contributed by atoms with Crippen LogP contribution in [0.15, 0.2) is 35.7 Å². The van der Waals surface area contributed by atoms with Gasteiger partial charge in [0, 0.05) is 17.6 Å². The number of carbonyl (C=O) groups excluding carboxylic acids is 2. The summed E-state index contributed by atoms with van der Waals surface area (Å²) in [5.41, 5.74) is 0.0846. The van der Waals surface area contributed by atoms with E-state index in [-0.39, 0.29) is 12.6 Å². The summed E-state index contributed by atoms with van der Waals surface area (Å²) in [6, 6.07) is 6.84. The number of rotatable bonds is 8. The predicted octanol–water partition coefficient (Wildman–Crippen LogP) is 1.85. The zero-order chi connectivity index (χ0) is 20.5. The molecule has 0 aliphatic heterocycles. The van der Waals surface area contributed by atoms with Crippen LogP contribution >= 0.6 is 11.6 Å². The normalized spacial score (nSPS) is 15.3.